The Hall–Kier alpha value is -0.950. The summed E-state index contributed by atoms with van der Waals surface area (Å²) >= 11 is 0. The summed E-state index contributed by atoms with van der Waals surface area (Å²) in [6.07, 6.45) is -11.4. The molecule has 0 aromatic carbocycles. The van der Waals surface area contributed by atoms with E-state index >= 15 is 0 Å². The number of alkyl halides is 13. The molecule has 1 saturated heterocycles. The zero-order chi connectivity index (χ0) is 20.1. The smallest absolute Gasteiger partial charge is 0.373 e. The van der Waals surface area contributed by atoms with Gasteiger partial charge in [0.05, 0.1) is 12.7 Å². The minimum Gasteiger partial charge on any atom is -0.373 e. The lowest BCUT2D eigenvalue weighted by atomic mass is 9.91. The first-order valence-corrected chi connectivity index (χ1v) is 6.40. The van der Waals surface area contributed by atoms with E-state index in [1.54, 1.807) is 0 Å². The predicted molar refractivity (Wildman–Crippen MR) is 54.4 cm³/mol. The van der Waals surface area contributed by atoms with Crippen LogP contribution in [0.25, 0.3) is 0 Å². The lowest BCUT2D eigenvalue weighted by Crippen LogP contribution is -2.70. The lowest BCUT2D eigenvalue weighted by Gasteiger charge is -2.39. The van der Waals surface area contributed by atoms with Gasteiger partial charge in [-0.15, -0.1) is 0 Å². The average molecular weight is 404 g/mol. The van der Waals surface area contributed by atoms with Crippen LogP contribution in [0.3, 0.4) is 0 Å². The van der Waals surface area contributed by atoms with Crippen molar-refractivity contribution in [2.45, 2.75) is 61.2 Å². The molecular weight excluding hydrogens is 395 g/mol. The molecule has 1 aliphatic rings. The van der Waals surface area contributed by atoms with Gasteiger partial charge in [0.25, 0.3) is 0 Å². The third-order valence-electron chi connectivity index (χ3n) is 3.42. The van der Waals surface area contributed by atoms with Gasteiger partial charge >= 0.3 is 35.8 Å². The third-order valence-corrected chi connectivity index (χ3v) is 3.42. The van der Waals surface area contributed by atoms with Gasteiger partial charge in [0.1, 0.15) is 0 Å². The van der Waals surface area contributed by atoms with Gasteiger partial charge in [-0.05, 0) is 12.8 Å². The second-order valence-corrected chi connectivity index (χ2v) is 5.35. The van der Waals surface area contributed by atoms with E-state index in [0.29, 0.717) is 0 Å². The second kappa shape index (κ2) is 6.05. The van der Waals surface area contributed by atoms with Crippen LogP contribution in [0.1, 0.15) is 19.3 Å². The quantitative estimate of drug-likeness (QED) is 0.396. The molecule has 0 aromatic rings. The summed E-state index contributed by atoms with van der Waals surface area (Å²) in [5.41, 5.74) is 0. The van der Waals surface area contributed by atoms with Crippen molar-refractivity contribution >= 4 is 0 Å². The molecule has 0 amide bonds. The summed E-state index contributed by atoms with van der Waals surface area (Å²) in [5.74, 6) is -36.4. The molecule has 0 N–H and O–H groups in total. The van der Waals surface area contributed by atoms with Gasteiger partial charge in [-0.2, -0.15) is 57.1 Å². The van der Waals surface area contributed by atoms with Crippen molar-refractivity contribution in [1.82, 2.24) is 0 Å². The normalized spacial score (nSPS) is 20.8. The predicted octanol–water partition coefficient (Wildman–Crippen LogP) is 5.29. The molecule has 25 heavy (non-hydrogen) atoms. The van der Waals surface area contributed by atoms with Gasteiger partial charge in [-0.3, -0.25) is 0 Å². The van der Waals surface area contributed by atoms with Gasteiger partial charge in [0.2, 0.25) is 0 Å². The molecule has 1 nitrogen and oxygen atoms in total. The standard InChI is InChI=1S/C11H9F13O/c12-6(13,3-1-2-5-4-25-5)7(14,15)8(16,17)9(18,19)10(20,21)11(22,23)24/h5H,1-4H2. The summed E-state index contributed by atoms with van der Waals surface area (Å²) in [5, 5.41) is 0. The van der Waals surface area contributed by atoms with Crippen LogP contribution in [0, 0.1) is 0 Å². The van der Waals surface area contributed by atoms with Crippen LogP contribution in [-0.4, -0.2) is 48.5 Å². The monoisotopic (exact) mass is 404 g/mol. The van der Waals surface area contributed by atoms with E-state index in [9.17, 15) is 57.1 Å². The SMILES string of the molecule is FC(F)(F)C(F)(F)C(F)(F)C(F)(F)C(F)(F)C(F)(F)CCCC1CO1. The minimum atomic E-state index is -7.83. The van der Waals surface area contributed by atoms with Crippen molar-refractivity contribution in [3.8, 4) is 0 Å². The highest BCUT2D eigenvalue weighted by atomic mass is 19.4. The highest BCUT2D eigenvalue weighted by Gasteiger charge is 2.90. The fourth-order valence-electron chi connectivity index (χ4n) is 1.75. The number of ether oxygens (including phenoxy) is 1. The molecule has 1 aliphatic heterocycles. The van der Waals surface area contributed by atoms with E-state index in [2.05, 4.69) is 4.74 Å². The maximum atomic E-state index is 13.3. The first-order valence-electron chi connectivity index (χ1n) is 6.40. The summed E-state index contributed by atoms with van der Waals surface area (Å²) < 4.78 is 170. The van der Waals surface area contributed by atoms with Crippen LogP contribution in [0.5, 0.6) is 0 Å². The molecular formula is C11H9F13O. The lowest BCUT2D eigenvalue weighted by molar-refractivity contribution is -0.440. The van der Waals surface area contributed by atoms with Crippen molar-refractivity contribution in [2.75, 3.05) is 6.61 Å². The highest BCUT2D eigenvalue weighted by Crippen LogP contribution is 2.60. The Morgan fingerprint density at radius 2 is 1.04 bits per heavy atom. The van der Waals surface area contributed by atoms with Crippen molar-refractivity contribution in [2.24, 2.45) is 0 Å². The van der Waals surface area contributed by atoms with Gasteiger partial charge in [0, 0.05) is 6.42 Å². The van der Waals surface area contributed by atoms with Crippen molar-refractivity contribution in [1.29, 1.82) is 0 Å². The molecule has 1 heterocycles. The van der Waals surface area contributed by atoms with Gasteiger partial charge < -0.3 is 4.74 Å². The van der Waals surface area contributed by atoms with Crippen LogP contribution in [0.2, 0.25) is 0 Å². The zero-order valence-electron chi connectivity index (χ0n) is 11.7. The molecule has 1 atom stereocenters. The highest BCUT2D eigenvalue weighted by molar-refractivity contribution is 5.10. The fraction of sp³-hybridized carbons (Fsp3) is 1.00. The number of rotatable bonds is 8. The van der Waals surface area contributed by atoms with E-state index in [1.165, 1.54) is 0 Å². The molecule has 0 aromatic heterocycles. The van der Waals surface area contributed by atoms with E-state index in [4.69, 9.17) is 0 Å². The van der Waals surface area contributed by atoms with E-state index in [-0.39, 0.29) is 13.0 Å². The Morgan fingerprint density at radius 3 is 1.40 bits per heavy atom. The minimum absolute atomic E-state index is 0.0635. The van der Waals surface area contributed by atoms with Crippen LogP contribution in [0.4, 0.5) is 57.1 Å². The number of hydrogen-bond donors (Lipinski definition) is 0. The third kappa shape index (κ3) is 3.50. The van der Waals surface area contributed by atoms with Gasteiger partial charge in [-0.25, -0.2) is 0 Å². The Kier molecular flexibility index (Phi) is 5.34. The Morgan fingerprint density at radius 1 is 0.640 bits per heavy atom. The molecule has 0 spiro atoms. The summed E-state index contributed by atoms with van der Waals surface area (Å²) in [7, 11) is 0. The zero-order valence-corrected chi connectivity index (χ0v) is 11.7. The largest absolute Gasteiger partial charge is 0.460 e. The Balaban J connectivity index is 3.13. The maximum absolute atomic E-state index is 13.3. The maximum Gasteiger partial charge on any atom is 0.460 e. The Bertz CT molecular complexity index is 477. The van der Waals surface area contributed by atoms with Crippen LogP contribution in [0.15, 0.2) is 0 Å². The topological polar surface area (TPSA) is 12.5 Å². The molecule has 0 aliphatic carbocycles. The average Bonchev–Trinajstić information content (AvgIpc) is 3.20. The van der Waals surface area contributed by atoms with Gasteiger partial charge in [0.15, 0.2) is 0 Å². The molecule has 1 unspecified atom stereocenters. The summed E-state index contributed by atoms with van der Waals surface area (Å²) in [6.45, 7) is 0.0635. The molecule has 1 rings (SSSR count). The van der Waals surface area contributed by atoms with E-state index in [1.807, 2.05) is 0 Å². The first kappa shape index (κ1) is 22.1. The fourth-order valence-corrected chi connectivity index (χ4v) is 1.75. The second-order valence-electron chi connectivity index (χ2n) is 5.35. The van der Waals surface area contributed by atoms with Crippen molar-refractivity contribution < 1.29 is 61.8 Å². The van der Waals surface area contributed by atoms with Crippen LogP contribution < -0.4 is 0 Å². The molecule has 0 bridgehead atoms. The van der Waals surface area contributed by atoms with Crippen molar-refractivity contribution in [3.05, 3.63) is 0 Å². The molecule has 0 saturated carbocycles. The first-order chi connectivity index (χ1) is 10.8. The number of epoxide rings is 1. The number of halogens is 13. The van der Waals surface area contributed by atoms with E-state index < -0.39 is 54.7 Å². The number of hydrogen-bond acceptors (Lipinski definition) is 1. The summed E-state index contributed by atoms with van der Waals surface area (Å²) in [4.78, 5) is 0. The summed E-state index contributed by atoms with van der Waals surface area (Å²) in [6, 6.07) is 0. The molecule has 150 valence electrons. The van der Waals surface area contributed by atoms with Gasteiger partial charge in [-0.1, -0.05) is 0 Å². The Labute approximate surface area is 131 Å². The van der Waals surface area contributed by atoms with Crippen LogP contribution in [-0.2, 0) is 4.74 Å². The molecule has 0 radical (unpaired) electrons. The van der Waals surface area contributed by atoms with Crippen molar-refractivity contribution in [3.63, 3.8) is 0 Å². The van der Waals surface area contributed by atoms with E-state index in [0.717, 1.165) is 0 Å². The molecule has 1 fully saturated rings. The van der Waals surface area contributed by atoms with Crippen LogP contribution >= 0.6 is 0 Å². The molecule has 14 heteroatoms.